The van der Waals surface area contributed by atoms with Crippen LogP contribution in [0.5, 0.6) is 0 Å². The molecule has 25 heavy (non-hydrogen) atoms. The van der Waals surface area contributed by atoms with Gasteiger partial charge in [0.25, 0.3) is 10.0 Å². The molecule has 0 atom stereocenters. The van der Waals surface area contributed by atoms with Gasteiger partial charge in [0.15, 0.2) is 5.03 Å². The molecule has 0 spiro atoms. The zero-order valence-corrected chi connectivity index (χ0v) is 15.9. The molecule has 0 aliphatic carbocycles. The maximum Gasteiger partial charge on any atom is 0.262 e. The molecule has 1 aliphatic heterocycles. The van der Waals surface area contributed by atoms with E-state index in [9.17, 15) is 8.42 Å². The van der Waals surface area contributed by atoms with Crippen LogP contribution in [0.1, 0.15) is 30.4 Å². The van der Waals surface area contributed by atoms with Crippen LogP contribution in [0, 0.1) is 0 Å². The van der Waals surface area contributed by atoms with Crippen molar-refractivity contribution < 1.29 is 8.42 Å². The molecule has 1 aliphatic rings. The summed E-state index contributed by atoms with van der Waals surface area (Å²) in [6, 6.07) is 0. The molecule has 3 rings (SSSR count). The van der Waals surface area contributed by atoms with E-state index in [-0.39, 0.29) is 10.9 Å². The highest BCUT2D eigenvalue weighted by Gasteiger charge is 2.33. The minimum atomic E-state index is -3.52. The largest absolute Gasteiger partial charge is 0.339 e. The van der Waals surface area contributed by atoms with E-state index in [2.05, 4.69) is 20.1 Å². The Bertz CT molecular complexity index is 832. The van der Waals surface area contributed by atoms with E-state index in [0.29, 0.717) is 13.1 Å². The van der Waals surface area contributed by atoms with Crippen LogP contribution < -0.4 is 0 Å². The highest BCUT2D eigenvalue weighted by atomic mass is 32.2. The number of aromatic nitrogens is 5. The van der Waals surface area contributed by atoms with Crippen LogP contribution in [-0.2, 0) is 30.7 Å². The summed E-state index contributed by atoms with van der Waals surface area (Å²) in [6.07, 6.45) is 4.52. The van der Waals surface area contributed by atoms with Gasteiger partial charge in [-0.05, 0) is 26.9 Å². The van der Waals surface area contributed by atoms with Crippen LogP contribution in [0.3, 0.4) is 0 Å². The third kappa shape index (κ3) is 3.60. The third-order valence-electron chi connectivity index (χ3n) is 4.56. The summed E-state index contributed by atoms with van der Waals surface area (Å²) >= 11 is 0. The third-order valence-corrected chi connectivity index (χ3v) is 6.35. The standard InChI is InChI=1S/C15H25N7O2S/c1-19(2)9-13-17-18-15(21(13)4)12-5-7-22(8-6-12)25(23,24)14-10-20(3)11-16-14/h10-12H,5-9H2,1-4H3. The molecule has 138 valence electrons. The average molecular weight is 367 g/mol. The van der Waals surface area contributed by atoms with Gasteiger partial charge in [-0.3, -0.25) is 0 Å². The Morgan fingerprint density at radius 2 is 1.88 bits per heavy atom. The summed E-state index contributed by atoms with van der Waals surface area (Å²) in [6.45, 7) is 1.68. The van der Waals surface area contributed by atoms with E-state index in [0.717, 1.165) is 31.0 Å². The van der Waals surface area contributed by atoms with Gasteiger partial charge >= 0.3 is 0 Å². The maximum atomic E-state index is 12.6. The molecule has 10 heteroatoms. The first-order valence-electron chi connectivity index (χ1n) is 8.30. The minimum absolute atomic E-state index is 0.111. The monoisotopic (exact) mass is 367 g/mol. The first-order chi connectivity index (χ1) is 11.8. The first kappa shape index (κ1) is 18.0. The number of nitrogens with zero attached hydrogens (tertiary/aromatic N) is 7. The van der Waals surface area contributed by atoms with Crippen molar-refractivity contribution in [1.29, 1.82) is 0 Å². The second-order valence-corrected chi connectivity index (χ2v) is 8.71. The highest BCUT2D eigenvalue weighted by molar-refractivity contribution is 7.89. The zero-order valence-electron chi connectivity index (χ0n) is 15.1. The Kier molecular flexibility index (Phi) is 4.94. The molecule has 0 N–H and O–H groups in total. The predicted octanol–water partition coefficient (Wildman–Crippen LogP) is 0.179. The van der Waals surface area contributed by atoms with Crippen molar-refractivity contribution in [3.63, 3.8) is 0 Å². The van der Waals surface area contributed by atoms with Gasteiger partial charge in [0, 0.05) is 39.3 Å². The number of hydrogen-bond acceptors (Lipinski definition) is 6. The minimum Gasteiger partial charge on any atom is -0.339 e. The topological polar surface area (TPSA) is 89.2 Å². The lowest BCUT2D eigenvalue weighted by Gasteiger charge is -2.30. The van der Waals surface area contributed by atoms with Crippen LogP contribution in [-0.4, -0.2) is 69.1 Å². The molecule has 0 unspecified atom stereocenters. The van der Waals surface area contributed by atoms with E-state index in [1.807, 2.05) is 25.7 Å². The van der Waals surface area contributed by atoms with Crippen molar-refractivity contribution >= 4 is 10.0 Å². The number of hydrogen-bond donors (Lipinski definition) is 0. The Labute approximate surface area is 148 Å². The normalized spacial score (nSPS) is 17.5. The molecule has 0 saturated carbocycles. The summed E-state index contributed by atoms with van der Waals surface area (Å²) < 4.78 is 30.5. The summed E-state index contributed by atoms with van der Waals surface area (Å²) in [4.78, 5) is 6.04. The predicted molar refractivity (Wildman–Crippen MR) is 92.3 cm³/mol. The molecular formula is C15H25N7O2S. The van der Waals surface area contributed by atoms with Gasteiger partial charge in [0.1, 0.15) is 11.6 Å². The van der Waals surface area contributed by atoms with E-state index in [4.69, 9.17) is 0 Å². The lowest BCUT2D eigenvalue weighted by Crippen LogP contribution is -2.38. The fraction of sp³-hybridized carbons (Fsp3) is 0.667. The molecule has 0 aromatic carbocycles. The fourth-order valence-corrected chi connectivity index (χ4v) is 4.60. The SMILES string of the molecule is CN(C)Cc1nnc(C2CCN(S(=O)(=O)c3cn(C)cn3)CC2)n1C. The van der Waals surface area contributed by atoms with Crippen LogP contribution >= 0.6 is 0 Å². The van der Waals surface area contributed by atoms with E-state index in [1.165, 1.54) is 16.8 Å². The average Bonchev–Trinajstić information content (AvgIpc) is 3.15. The van der Waals surface area contributed by atoms with Crippen molar-refractivity contribution in [2.24, 2.45) is 14.1 Å². The van der Waals surface area contributed by atoms with E-state index in [1.54, 1.807) is 11.6 Å². The van der Waals surface area contributed by atoms with Gasteiger partial charge in [0.2, 0.25) is 0 Å². The van der Waals surface area contributed by atoms with Crippen molar-refractivity contribution in [3.8, 4) is 0 Å². The second kappa shape index (κ2) is 6.85. The van der Waals surface area contributed by atoms with Crippen LogP contribution in [0.2, 0.25) is 0 Å². The van der Waals surface area contributed by atoms with Gasteiger partial charge < -0.3 is 14.0 Å². The highest BCUT2D eigenvalue weighted by Crippen LogP contribution is 2.29. The Hall–Kier alpha value is -1.78. The summed E-state index contributed by atoms with van der Waals surface area (Å²) in [5.41, 5.74) is 0. The van der Waals surface area contributed by atoms with Crippen molar-refractivity contribution in [3.05, 3.63) is 24.2 Å². The molecule has 2 aromatic rings. The van der Waals surface area contributed by atoms with Crippen molar-refractivity contribution in [1.82, 2.24) is 33.5 Å². The molecule has 2 aromatic heterocycles. The van der Waals surface area contributed by atoms with Gasteiger partial charge in [-0.2, -0.15) is 4.31 Å². The summed E-state index contributed by atoms with van der Waals surface area (Å²) in [7, 11) is 4.21. The Morgan fingerprint density at radius 3 is 2.44 bits per heavy atom. The fourth-order valence-electron chi connectivity index (χ4n) is 3.16. The second-order valence-electron chi connectivity index (χ2n) is 6.83. The Balaban J connectivity index is 1.69. The lowest BCUT2D eigenvalue weighted by molar-refractivity contribution is 0.309. The number of aryl methyl sites for hydroxylation is 1. The van der Waals surface area contributed by atoms with Crippen molar-refractivity contribution in [2.45, 2.75) is 30.3 Å². The molecule has 0 bridgehead atoms. The van der Waals surface area contributed by atoms with Gasteiger partial charge in [-0.25, -0.2) is 13.4 Å². The molecule has 1 saturated heterocycles. The van der Waals surface area contributed by atoms with Crippen molar-refractivity contribution in [2.75, 3.05) is 27.2 Å². The quantitative estimate of drug-likeness (QED) is 0.749. The van der Waals surface area contributed by atoms with Crippen LogP contribution in [0.25, 0.3) is 0 Å². The van der Waals surface area contributed by atoms with E-state index >= 15 is 0 Å². The van der Waals surface area contributed by atoms with E-state index < -0.39 is 10.0 Å². The Morgan fingerprint density at radius 1 is 1.20 bits per heavy atom. The molecule has 3 heterocycles. The van der Waals surface area contributed by atoms with Crippen LogP contribution in [0.15, 0.2) is 17.6 Å². The zero-order chi connectivity index (χ0) is 18.2. The maximum absolute atomic E-state index is 12.6. The van der Waals surface area contributed by atoms with Gasteiger partial charge in [-0.15, -0.1) is 10.2 Å². The number of sulfonamides is 1. The van der Waals surface area contributed by atoms with Crippen LogP contribution in [0.4, 0.5) is 0 Å². The lowest BCUT2D eigenvalue weighted by atomic mass is 9.97. The molecule has 1 fully saturated rings. The van der Waals surface area contributed by atoms with Gasteiger partial charge in [-0.1, -0.05) is 0 Å². The molecule has 9 nitrogen and oxygen atoms in total. The molecule has 0 amide bonds. The first-order valence-corrected chi connectivity index (χ1v) is 9.74. The summed E-state index contributed by atoms with van der Waals surface area (Å²) in [5.74, 6) is 2.08. The molecular weight excluding hydrogens is 342 g/mol. The summed E-state index contributed by atoms with van der Waals surface area (Å²) in [5, 5.41) is 8.73. The smallest absolute Gasteiger partial charge is 0.262 e. The number of imidazole rings is 1. The molecule has 0 radical (unpaired) electrons. The number of rotatable bonds is 5. The number of piperidine rings is 1. The van der Waals surface area contributed by atoms with Gasteiger partial charge in [0.05, 0.1) is 12.9 Å².